The topological polar surface area (TPSA) is 30.5 Å². The number of rotatable bonds is 6. The molecule has 0 aliphatic heterocycles. The van der Waals surface area contributed by atoms with Gasteiger partial charge in [0.2, 0.25) is 0 Å². The van der Waals surface area contributed by atoms with Crippen molar-refractivity contribution in [2.75, 3.05) is 20.8 Å². The van der Waals surface area contributed by atoms with Gasteiger partial charge in [-0.1, -0.05) is 32.8 Å². The first-order valence-electron chi connectivity index (χ1n) is 8.14. The quantitative estimate of drug-likeness (QED) is 0.853. The Balaban J connectivity index is 2.24. The highest BCUT2D eigenvalue weighted by atomic mass is 16.5. The monoisotopic (exact) mass is 291 g/mol. The lowest BCUT2D eigenvalue weighted by Gasteiger charge is -2.34. The molecule has 0 aromatic heterocycles. The summed E-state index contributed by atoms with van der Waals surface area (Å²) in [6.45, 7) is 5.55. The molecule has 0 saturated heterocycles. The van der Waals surface area contributed by atoms with E-state index in [1.54, 1.807) is 14.2 Å². The highest BCUT2D eigenvalue weighted by Gasteiger charge is 2.27. The second-order valence-electron chi connectivity index (χ2n) is 6.18. The molecule has 1 aliphatic rings. The zero-order valence-electron chi connectivity index (χ0n) is 13.8. The predicted octanol–water partition coefficient (Wildman–Crippen LogP) is 4.18. The SMILES string of the molecule is CCNC(c1ccc(OC)c(OC)c1)C1CCCC(C)C1. The van der Waals surface area contributed by atoms with Gasteiger partial charge in [0.05, 0.1) is 14.2 Å². The number of benzene rings is 1. The summed E-state index contributed by atoms with van der Waals surface area (Å²) in [5.74, 6) is 3.17. The zero-order chi connectivity index (χ0) is 15.2. The molecule has 3 nitrogen and oxygen atoms in total. The first kappa shape index (κ1) is 16.2. The van der Waals surface area contributed by atoms with Crippen molar-refractivity contribution < 1.29 is 9.47 Å². The Morgan fingerprint density at radius 1 is 1.19 bits per heavy atom. The van der Waals surface area contributed by atoms with Crippen LogP contribution in [-0.2, 0) is 0 Å². The highest BCUT2D eigenvalue weighted by Crippen LogP contribution is 2.39. The lowest BCUT2D eigenvalue weighted by atomic mass is 9.76. The molecule has 1 N–H and O–H groups in total. The summed E-state index contributed by atoms with van der Waals surface area (Å²) in [7, 11) is 3.38. The standard InChI is InChI=1S/C18H29NO2/c1-5-19-18(14-8-6-7-13(2)11-14)15-9-10-16(20-3)17(12-15)21-4/h9-10,12-14,18-19H,5-8,11H2,1-4H3. The van der Waals surface area contributed by atoms with E-state index in [4.69, 9.17) is 9.47 Å². The lowest BCUT2D eigenvalue weighted by Crippen LogP contribution is -2.31. The fourth-order valence-electron chi connectivity index (χ4n) is 3.61. The molecule has 1 fully saturated rings. The third kappa shape index (κ3) is 3.91. The van der Waals surface area contributed by atoms with E-state index in [9.17, 15) is 0 Å². The van der Waals surface area contributed by atoms with Crippen LogP contribution >= 0.6 is 0 Å². The molecule has 1 aromatic carbocycles. The summed E-state index contributed by atoms with van der Waals surface area (Å²) < 4.78 is 10.8. The Morgan fingerprint density at radius 3 is 2.57 bits per heavy atom. The largest absolute Gasteiger partial charge is 0.493 e. The van der Waals surface area contributed by atoms with Crippen LogP contribution in [-0.4, -0.2) is 20.8 Å². The van der Waals surface area contributed by atoms with Crippen LogP contribution in [0.1, 0.15) is 51.1 Å². The van der Waals surface area contributed by atoms with E-state index in [-0.39, 0.29) is 0 Å². The van der Waals surface area contributed by atoms with Crippen molar-refractivity contribution in [3.05, 3.63) is 23.8 Å². The van der Waals surface area contributed by atoms with E-state index in [1.807, 2.05) is 6.07 Å². The van der Waals surface area contributed by atoms with Gasteiger partial charge in [0.15, 0.2) is 11.5 Å². The molecule has 1 aliphatic carbocycles. The van der Waals surface area contributed by atoms with E-state index in [1.165, 1.54) is 31.2 Å². The molecule has 0 radical (unpaired) electrons. The Kier molecular flexibility index (Phi) is 5.92. The summed E-state index contributed by atoms with van der Waals surface area (Å²) in [6, 6.07) is 6.74. The van der Waals surface area contributed by atoms with Gasteiger partial charge in [0.1, 0.15) is 0 Å². The Bertz CT molecular complexity index is 447. The second-order valence-corrected chi connectivity index (χ2v) is 6.18. The first-order valence-corrected chi connectivity index (χ1v) is 8.14. The van der Waals surface area contributed by atoms with E-state index >= 15 is 0 Å². The molecular weight excluding hydrogens is 262 g/mol. The number of hydrogen-bond donors (Lipinski definition) is 1. The average Bonchev–Trinajstić information content (AvgIpc) is 2.52. The van der Waals surface area contributed by atoms with E-state index < -0.39 is 0 Å². The van der Waals surface area contributed by atoms with Crippen LogP contribution in [0.3, 0.4) is 0 Å². The van der Waals surface area contributed by atoms with Crippen LogP contribution in [0.5, 0.6) is 11.5 Å². The van der Waals surface area contributed by atoms with Gasteiger partial charge in [0, 0.05) is 6.04 Å². The van der Waals surface area contributed by atoms with Crippen molar-refractivity contribution in [2.24, 2.45) is 11.8 Å². The average molecular weight is 291 g/mol. The smallest absolute Gasteiger partial charge is 0.161 e. The summed E-state index contributed by atoms with van der Waals surface area (Å²) >= 11 is 0. The van der Waals surface area contributed by atoms with Crippen LogP contribution in [0.4, 0.5) is 0 Å². The maximum absolute atomic E-state index is 5.46. The van der Waals surface area contributed by atoms with Gasteiger partial charge in [-0.25, -0.2) is 0 Å². The number of ether oxygens (including phenoxy) is 2. The summed E-state index contributed by atoms with van der Waals surface area (Å²) in [6.07, 6.45) is 5.35. The van der Waals surface area contributed by atoms with Crippen LogP contribution in [0.25, 0.3) is 0 Å². The third-order valence-corrected chi connectivity index (χ3v) is 4.64. The van der Waals surface area contributed by atoms with Gasteiger partial charge >= 0.3 is 0 Å². The molecule has 118 valence electrons. The molecule has 0 heterocycles. The van der Waals surface area contributed by atoms with Crippen LogP contribution < -0.4 is 14.8 Å². The molecular formula is C18H29NO2. The predicted molar refractivity (Wildman–Crippen MR) is 87.1 cm³/mol. The molecule has 0 bridgehead atoms. The van der Waals surface area contributed by atoms with Crippen molar-refractivity contribution in [2.45, 2.75) is 45.6 Å². The normalized spacial score (nSPS) is 23.6. The van der Waals surface area contributed by atoms with Crippen molar-refractivity contribution in [1.29, 1.82) is 0 Å². The number of methoxy groups -OCH3 is 2. The summed E-state index contributed by atoms with van der Waals surface area (Å²) in [4.78, 5) is 0. The van der Waals surface area contributed by atoms with E-state index in [0.717, 1.165) is 24.0 Å². The minimum atomic E-state index is 0.414. The third-order valence-electron chi connectivity index (χ3n) is 4.64. The maximum Gasteiger partial charge on any atom is 0.161 e. The molecule has 1 saturated carbocycles. The van der Waals surface area contributed by atoms with Gasteiger partial charge in [-0.05, 0) is 48.9 Å². The molecule has 0 amide bonds. The van der Waals surface area contributed by atoms with Crippen molar-refractivity contribution in [3.63, 3.8) is 0 Å². The van der Waals surface area contributed by atoms with Crippen molar-refractivity contribution in [3.8, 4) is 11.5 Å². The Hall–Kier alpha value is -1.22. The summed E-state index contributed by atoms with van der Waals surface area (Å²) in [5, 5.41) is 3.68. The van der Waals surface area contributed by atoms with E-state index in [0.29, 0.717) is 12.0 Å². The minimum absolute atomic E-state index is 0.414. The fraction of sp³-hybridized carbons (Fsp3) is 0.667. The first-order chi connectivity index (χ1) is 10.2. The molecule has 21 heavy (non-hydrogen) atoms. The van der Waals surface area contributed by atoms with Crippen molar-refractivity contribution >= 4 is 0 Å². The number of nitrogens with one attached hydrogen (secondary N) is 1. The van der Waals surface area contributed by atoms with E-state index in [2.05, 4.69) is 31.3 Å². The maximum atomic E-state index is 5.46. The number of hydrogen-bond acceptors (Lipinski definition) is 3. The van der Waals surface area contributed by atoms with Gasteiger partial charge in [0.25, 0.3) is 0 Å². The minimum Gasteiger partial charge on any atom is -0.493 e. The van der Waals surface area contributed by atoms with Gasteiger partial charge < -0.3 is 14.8 Å². The Morgan fingerprint density at radius 2 is 1.95 bits per heavy atom. The molecule has 3 atom stereocenters. The fourth-order valence-corrected chi connectivity index (χ4v) is 3.61. The molecule has 1 aromatic rings. The molecule has 3 unspecified atom stereocenters. The lowest BCUT2D eigenvalue weighted by molar-refractivity contribution is 0.225. The van der Waals surface area contributed by atoms with Crippen LogP contribution in [0, 0.1) is 11.8 Å². The van der Waals surface area contributed by atoms with Crippen LogP contribution in [0.2, 0.25) is 0 Å². The molecule has 3 heteroatoms. The van der Waals surface area contributed by atoms with Gasteiger partial charge in [-0.15, -0.1) is 0 Å². The van der Waals surface area contributed by atoms with Crippen LogP contribution in [0.15, 0.2) is 18.2 Å². The van der Waals surface area contributed by atoms with Gasteiger partial charge in [-0.3, -0.25) is 0 Å². The Labute approximate surface area is 129 Å². The summed E-state index contributed by atoms with van der Waals surface area (Å²) in [5.41, 5.74) is 1.31. The second kappa shape index (κ2) is 7.69. The zero-order valence-corrected chi connectivity index (χ0v) is 13.8. The molecule has 2 rings (SSSR count). The van der Waals surface area contributed by atoms with Gasteiger partial charge in [-0.2, -0.15) is 0 Å². The molecule has 0 spiro atoms. The highest BCUT2D eigenvalue weighted by molar-refractivity contribution is 5.44. The van der Waals surface area contributed by atoms with Crippen molar-refractivity contribution in [1.82, 2.24) is 5.32 Å².